The molecule has 0 aliphatic carbocycles. The van der Waals surface area contributed by atoms with Gasteiger partial charge < -0.3 is 10.1 Å². The van der Waals surface area contributed by atoms with Crippen LogP contribution in [0.5, 0.6) is 0 Å². The maximum atomic E-state index is 11.6. The molecule has 1 aromatic rings. The molecule has 2 N–H and O–H groups in total. The van der Waals surface area contributed by atoms with Crippen molar-refractivity contribution < 1.29 is 9.53 Å². The Bertz CT molecular complexity index is 365. The monoisotopic (exact) mass is 270 g/mol. The number of hydrogen-bond acceptors (Lipinski definition) is 5. The van der Waals surface area contributed by atoms with Crippen molar-refractivity contribution in [3.63, 3.8) is 0 Å². The Hall–Kier alpha value is -1.18. The third-order valence-electron chi connectivity index (χ3n) is 2.88. The number of amides is 2. The van der Waals surface area contributed by atoms with Crippen LogP contribution in [0.2, 0.25) is 0 Å². The van der Waals surface area contributed by atoms with Gasteiger partial charge in [0.15, 0.2) is 5.13 Å². The first-order chi connectivity index (χ1) is 8.75. The molecule has 18 heavy (non-hydrogen) atoms. The Morgan fingerprint density at radius 2 is 2.39 bits per heavy atom. The fourth-order valence-electron chi connectivity index (χ4n) is 1.81. The summed E-state index contributed by atoms with van der Waals surface area (Å²) in [4.78, 5) is 17.9. The minimum atomic E-state index is -0.204. The predicted molar refractivity (Wildman–Crippen MR) is 71.0 cm³/mol. The average Bonchev–Trinajstić information content (AvgIpc) is 2.90. The first-order valence-corrected chi connectivity index (χ1v) is 6.90. The van der Waals surface area contributed by atoms with E-state index < -0.39 is 0 Å². The number of hydrogen-bond donors (Lipinski definition) is 2. The molecule has 2 heterocycles. The molecule has 0 bridgehead atoms. The summed E-state index contributed by atoms with van der Waals surface area (Å²) in [5.74, 6) is 0. The maximum Gasteiger partial charge on any atom is 0.321 e. The molecule has 1 fully saturated rings. The van der Waals surface area contributed by atoms with E-state index in [1.54, 1.807) is 6.20 Å². The highest BCUT2D eigenvalue weighted by atomic mass is 32.1. The molecule has 0 spiro atoms. The quantitative estimate of drug-likeness (QED) is 0.856. The summed E-state index contributed by atoms with van der Waals surface area (Å²) in [5, 5.41) is 7.99. The van der Waals surface area contributed by atoms with Crippen molar-refractivity contribution >= 4 is 22.5 Å². The van der Waals surface area contributed by atoms with Gasteiger partial charge in [-0.15, -0.1) is 11.3 Å². The molecule has 1 aliphatic heterocycles. The fraction of sp³-hybridized carbons (Fsp3) is 0.636. The van der Waals surface area contributed by atoms with Crippen molar-refractivity contribution in [1.29, 1.82) is 0 Å². The van der Waals surface area contributed by atoms with Gasteiger partial charge >= 0.3 is 6.03 Å². The number of nitrogens with zero attached hydrogens (tertiary/aromatic N) is 2. The van der Waals surface area contributed by atoms with Gasteiger partial charge in [0.2, 0.25) is 0 Å². The highest BCUT2D eigenvalue weighted by molar-refractivity contribution is 7.13. The summed E-state index contributed by atoms with van der Waals surface area (Å²) in [6.07, 6.45) is 1.66. The Morgan fingerprint density at radius 3 is 3.06 bits per heavy atom. The molecule has 1 aromatic heterocycles. The van der Waals surface area contributed by atoms with Gasteiger partial charge in [-0.05, 0) is 6.92 Å². The van der Waals surface area contributed by atoms with Crippen LogP contribution in [0.25, 0.3) is 0 Å². The van der Waals surface area contributed by atoms with E-state index >= 15 is 0 Å². The van der Waals surface area contributed by atoms with E-state index in [2.05, 4.69) is 27.4 Å². The number of urea groups is 1. The number of anilines is 1. The van der Waals surface area contributed by atoms with E-state index in [-0.39, 0.29) is 6.03 Å². The summed E-state index contributed by atoms with van der Waals surface area (Å²) in [5.41, 5.74) is 0. The van der Waals surface area contributed by atoms with Crippen LogP contribution in [0.4, 0.5) is 9.93 Å². The molecule has 100 valence electrons. The van der Waals surface area contributed by atoms with Crippen molar-refractivity contribution in [1.82, 2.24) is 15.2 Å². The maximum absolute atomic E-state index is 11.6. The van der Waals surface area contributed by atoms with Gasteiger partial charge in [-0.3, -0.25) is 10.2 Å². The van der Waals surface area contributed by atoms with Crippen molar-refractivity contribution in [3.8, 4) is 0 Å². The zero-order valence-electron chi connectivity index (χ0n) is 10.4. The Morgan fingerprint density at radius 1 is 1.61 bits per heavy atom. The lowest BCUT2D eigenvalue weighted by Gasteiger charge is -2.32. The second-order valence-electron chi connectivity index (χ2n) is 4.17. The zero-order chi connectivity index (χ0) is 12.8. The highest BCUT2D eigenvalue weighted by Gasteiger charge is 2.17. The second-order valence-corrected chi connectivity index (χ2v) is 5.06. The van der Waals surface area contributed by atoms with Crippen LogP contribution in [0, 0.1) is 0 Å². The number of nitrogens with one attached hydrogen (secondary N) is 2. The molecule has 7 heteroatoms. The molecule has 1 atom stereocenters. The molecule has 0 saturated carbocycles. The van der Waals surface area contributed by atoms with Gasteiger partial charge in [0.25, 0.3) is 0 Å². The van der Waals surface area contributed by atoms with Gasteiger partial charge in [0.05, 0.1) is 13.2 Å². The number of aromatic nitrogens is 1. The number of thiazole rings is 1. The normalized spacial score (nSPS) is 18.3. The minimum absolute atomic E-state index is 0.204. The topological polar surface area (TPSA) is 66.5 Å². The number of rotatable bonds is 4. The van der Waals surface area contributed by atoms with Crippen LogP contribution in [0.15, 0.2) is 11.6 Å². The summed E-state index contributed by atoms with van der Waals surface area (Å²) in [7, 11) is 0. The smallest absolute Gasteiger partial charge is 0.321 e. The van der Waals surface area contributed by atoms with Gasteiger partial charge in [-0.25, -0.2) is 9.78 Å². The van der Waals surface area contributed by atoms with Crippen LogP contribution in [0.1, 0.15) is 6.92 Å². The van der Waals surface area contributed by atoms with Gasteiger partial charge in [0, 0.05) is 37.3 Å². The molecule has 1 unspecified atom stereocenters. The third-order valence-corrected chi connectivity index (χ3v) is 3.57. The molecular formula is C11H18N4O2S. The largest absolute Gasteiger partial charge is 0.379 e. The van der Waals surface area contributed by atoms with E-state index in [9.17, 15) is 4.79 Å². The second kappa shape index (κ2) is 6.67. The van der Waals surface area contributed by atoms with E-state index in [4.69, 9.17) is 4.74 Å². The SMILES string of the molecule is CC(CNC(=O)Nc1nccs1)N1CCOCC1. The predicted octanol–water partition coefficient (Wildman–Crippen LogP) is 0.985. The van der Waals surface area contributed by atoms with Crippen molar-refractivity contribution in [3.05, 3.63) is 11.6 Å². The Labute approximate surface area is 110 Å². The lowest BCUT2D eigenvalue weighted by molar-refractivity contribution is 0.0209. The molecular weight excluding hydrogens is 252 g/mol. The molecule has 2 rings (SSSR count). The van der Waals surface area contributed by atoms with Crippen molar-refractivity contribution in [2.75, 3.05) is 38.2 Å². The van der Waals surface area contributed by atoms with Gasteiger partial charge in [0.1, 0.15) is 0 Å². The van der Waals surface area contributed by atoms with E-state index in [0.717, 1.165) is 26.3 Å². The first-order valence-electron chi connectivity index (χ1n) is 6.02. The number of morpholine rings is 1. The minimum Gasteiger partial charge on any atom is -0.379 e. The van der Waals surface area contributed by atoms with E-state index in [0.29, 0.717) is 17.7 Å². The Kier molecular flexibility index (Phi) is 4.91. The lowest BCUT2D eigenvalue weighted by Crippen LogP contribution is -2.47. The van der Waals surface area contributed by atoms with Crippen LogP contribution < -0.4 is 10.6 Å². The summed E-state index contributed by atoms with van der Waals surface area (Å²) in [6, 6.07) is 0.112. The highest BCUT2D eigenvalue weighted by Crippen LogP contribution is 2.09. The summed E-state index contributed by atoms with van der Waals surface area (Å²) >= 11 is 1.40. The van der Waals surface area contributed by atoms with Crippen molar-refractivity contribution in [2.45, 2.75) is 13.0 Å². The van der Waals surface area contributed by atoms with Crippen LogP contribution in [-0.4, -0.2) is 54.8 Å². The molecule has 2 amide bonds. The number of carbonyl (C=O) groups excluding carboxylic acids is 1. The lowest BCUT2D eigenvalue weighted by atomic mass is 10.2. The van der Waals surface area contributed by atoms with Gasteiger partial charge in [-0.1, -0.05) is 0 Å². The molecule has 6 nitrogen and oxygen atoms in total. The average molecular weight is 270 g/mol. The molecule has 0 radical (unpaired) electrons. The molecule has 1 aliphatic rings. The van der Waals surface area contributed by atoms with Crippen molar-refractivity contribution in [2.24, 2.45) is 0 Å². The van der Waals surface area contributed by atoms with Crippen LogP contribution >= 0.6 is 11.3 Å². The third kappa shape index (κ3) is 3.94. The summed E-state index contributed by atoms with van der Waals surface area (Å²) < 4.78 is 5.30. The number of ether oxygens (including phenoxy) is 1. The van der Waals surface area contributed by atoms with Crippen LogP contribution in [-0.2, 0) is 4.74 Å². The van der Waals surface area contributed by atoms with E-state index in [1.165, 1.54) is 11.3 Å². The Balaban J connectivity index is 1.68. The first kappa shape index (κ1) is 13.3. The number of carbonyl (C=O) groups is 1. The van der Waals surface area contributed by atoms with E-state index in [1.807, 2.05) is 5.38 Å². The van der Waals surface area contributed by atoms with Crippen LogP contribution in [0.3, 0.4) is 0 Å². The van der Waals surface area contributed by atoms with Gasteiger partial charge in [-0.2, -0.15) is 0 Å². The fourth-order valence-corrected chi connectivity index (χ4v) is 2.34. The molecule has 0 aromatic carbocycles. The standard InChI is InChI=1S/C11H18N4O2S/c1-9(15-3-5-17-6-4-15)8-13-10(16)14-11-12-2-7-18-11/h2,7,9H,3-6,8H2,1H3,(H2,12,13,14,16). The summed E-state index contributed by atoms with van der Waals surface area (Å²) in [6.45, 7) is 6.13. The zero-order valence-corrected chi connectivity index (χ0v) is 11.2. The molecule has 1 saturated heterocycles.